The third kappa shape index (κ3) is 5.87. The van der Waals surface area contributed by atoms with Crippen LogP contribution in [0, 0.1) is 0 Å². The quantitative estimate of drug-likeness (QED) is 0.663. The number of amides is 2. The predicted octanol–water partition coefficient (Wildman–Crippen LogP) is 0.412. The van der Waals surface area contributed by atoms with Gasteiger partial charge in [-0.05, 0) is 12.0 Å². The Kier molecular flexibility index (Phi) is 5.81. The summed E-state index contributed by atoms with van der Waals surface area (Å²) in [5.41, 5.74) is 12.0. The van der Waals surface area contributed by atoms with Crippen molar-refractivity contribution >= 4 is 12.0 Å². The predicted molar refractivity (Wildman–Crippen MR) is 71.5 cm³/mol. The number of nitrogens with zero attached hydrogens (tertiary/aromatic N) is 1. The lowest BCUT2D eigenvalue weighted by Crippen LogP contribution is -2.42. The molecule has 0 fully saturated rings. The molecule has 1 unspecified atom stereocenters. The number of hydrogen-bond donors (Lipinski definition) is 3. The lowest BCUT2D eigenvalue weighted by atomic mass is 10.1. The van der Waals surface area contributed by atoms with E-state index in [-0.39, 0.29) is 25.6 Å². The van der Waals surface area contributed by atoms with Gasteiger partial charge in [0.1, 0.15) is 0 Å². The molecule has 0 aromatic heterocycles. The summed E-state index contributed by atoms with van der Waals surface area (Å²) in [6, 6.07) is 9.29. The minimum absolute atomic E-state index is 0.00432. The standard InChI is InChI=1S/C13H19N3O3/c14-11(8-10-4-2-1-3-5-10)9-16(13(18)19)7-6-12(15)17/h1-5,11H,6-9,14H2,(H2,15,17)(H,18,19). The van der Waals surface area contributed by atoms with E-state index in [4.69, 9.17) is 16.6 Å². The zero-order valence-electron chi connectivity index (χ0n) is 10.7. The maximum absolute atomic E-state index is 11.0. The van der Waals surface area contributed by atoms with Crippen LogP contribution in [0.15, 0.2) is 30.3 Å². The van der Waals surface area contributed by atoms with Crippen molar-refractivity contribution < 1.29 is 14.7 Å². The Morgan fingerprint density at radius 2 is 1.89 bits per heavy atom. The average molecular weight is 265 g/mol. The van der Waals surface area contributed by atoms with Gasteiger partial charge >= 0.3 is 6.09 Å². The summed E-state index contributed by atoms with van der Waals surface area (Å²) in [5, 5.41) is 9.02. The molecule has 0 saturated heterocycles. The summed E-state index contributed by atoms with van der Waals surface area (Å²) in [6.07, 6.45) is -0.504. The van der Waals surface area contributed by atoms with E-state index < -0.39 is 12.0 Å². The van der Waals surface area contributed by atoms with Crippen LogP contribution in [0.25, 0.3) is 0 Å². The van der Waals surface area contributed by atoms with Crippen LogP contribution >= 0.6 is 0 Å². The van der Waals surface area contributed by atoms with Gasteiger partial charge in [0.15, 0.2) is 0 Å². The van der Waals surface area contributed by atoms with E-state index in [1.165, 1.54) is 0 Å². The number of benzene rings is 1. The number of carboxylic acid groups (broad SMARTS) is 1. The van der Waals surface area contributed by atoms with E-state index >= 15 is 0 Å². The van der Waals surface area contributed by atoms with Crippen LogP contribution in [-0.4, -0.2) is 41.1 Å². The summed E-state index contributed by atoms with van der Waals surface area (Å²) in [6.45, 7) is 0.255. The molecule has 1 aromatic carbocycles. The summed E-state index contributed by atoms with van der Waals surface area (Å²) < 4.78 is 0. The van der Waals surface area contributed by atoms with Crippen LogP contribution in [0.1, 0.15) is 12.0 Å². The number of carbonyl (C=O) groups is 2. The summed E-state index contributed by atoms with van der Waals surface area (Å²) in [5.74, 6) is -0.525. The molecule has 19 heavy (non-hydrogen) atoms. The Labute approximate surface area is 112 Å². The fourth-order valence-corrected chi connectivity index (χ4v) is 1.77. The van der Waals surface area contributed by atoms with Crippen molar-refractivity contribution in [3.8, 4) is 0 Å². The van der Waals surface area contributed by atoms with Gasteiger partial charge in [0.2, 0.25) is 5.91 Å². The van der Waals surface area contributed by atoms with Gasteiger partial charge in [0.05, 0.1) is 0 Å². The highest BCUT2D eigenvalue weighted by Crippen LogP contribution is 2.04. The van der Waals surface area contributed by atoms with Gasteiger partial charge in [-0.15, -0.1) is 0 Å². The second-order valence-corrected chi connectivity index (χ2v) is 4.39. The lowest BCUT2D eigenvalue weighted by molar-refractivity contribution is -0.118. The number of carbonyl (C=O) groups excluding carboxylic acids is 1. The Balaban J connectivity index is 2.49. The van der Waals surface area contributed by atoms with Crippen LogP contribution in [0.5, 0.6) is 0 Å². The summed E-state index contributed by atoms with van der Waals surface area (Å²) in [4.78, 5) is 22.8. The zero-order chi connectivity index (χ0) is 14.3. The monoisotopic (exact) mass is 265 g/mol. The summed E-state index contributed by atoms with van der Waals surface area (Å²) >= 11 is 0. The maximum Gasteiger partial charge on any atom is 0.407 e. The third-order valence-corrected chi connectivity index (χ3v) is 2.69. The Bertz CT molecular complexity index is 422. The van der Waals surface area contributed by atoms with Crippen LogP contribution in [-0.2, 0) is 11.2 Å². The molecule has 5 N–H and O–H groups in total. The van der Waals surface area contributed by atoms with E-state index in [2.05, 4.69) is 0 Å². The molecule has 104 valence electrons. The van der Waals surface area contributed by atoms with Crippen LogP contribution < -0.4 is 11.5 Å². The molecule has 0 radical (unpaired) electrons. The molecule has 2 amide bonds. The van der Waals surface area contributed by atoms with E-state index in [1.807, 2.05) is 30.3 Å². The fraction of sp³-hybridized carbons (Fsp3) is 0.385. The highest BCUT2D eigenvalue weighted by Gasteiger charge is 2.16. The van der Waals surface area contributed by atoms with Gasteiger partial charge in [-0.1, -0.05) is 30.3 Å². The first-order valence-corrected chi connectivity index (χ1v) is 6.04. The largest absolute Gasteiger partial charge is 0.465 e. The number of nitrogens with two attached hydrogens (primary N) is 2. The van der Waals surface area contributed by atoms with E-state index in [0.717, 1.165) is 10.5 Å². The van der Waals surface area contributed by atoms with Gasteiger partial charge in [-0.2, -0.15) is 0 Å². The molecule has 0 spiro atoms. The van der Waals surface area contributed by atoms with Gasteiger partial charge in [-0.25, -0.2) is 4.79 Å². The normalized spacial score (nSPS) is 11.8. The Hall–Kier alpha value is -2.08. The number of hydrogen-bond acceptors (Lipinski definition) is 3. The molecule has 1 rings (SSSR count). The minimum Gasteiger partial charge on any atom is -0.465 e. The first-order valence-electron chi connectivity index (χ1n) is 6.04. The molecule has 6 nitrogen and oxygen atoms in total. The average Bonchev–Trinajstić information content (AvgIpc) is 2.35. The van der Waals surface area contributed by atoms with Crippen molar-refractivity contribution in [3.05, 3.63) is 35.9 Å². The van der Waals surface area contributed by atoms with Crippen molar-refractivity contribution in [3.63, 3.8) is 0 Å². The molecular weight excluding hydrogens is 246 g/mol. The molecule has 0 aliphatic heterocycles. The molecule has 0 heterocycles. The van der Waals surface area contributed by atoms with Crippen LogP contribution in [0.4, 0.5) is 4.79 Å². The summed E-state index contributed by atoms with van der Waals surface area (Å²) in [7, 11) is 0. The van der Waals surface area contributed by atoms with E-state index in [9.17, 15) is 9.59 Å². The van der Waals surface area contributed by atoms with E-state index in [0.29, 0.717) is 6.42 Å². The van der Waals surface area contributed by atoms with Crippen molar-refractivity contribution in [1.29, 1.82) is 0 Å². The fourth-order valence-electron chi connectivity index (χ4n) is 1.77. The lowest BCUT2D eigenvalue weighted by Gasteiger charge is -2.22. The van der Waals surface area contributed by atoms with Crippen molar-refractivity contribution in [1.82, 2.24) is 4.90 Å². The second-order valence-electron chi connectivity index (χ2n) is 4.39. The SMILES string of the molecule is NC(=O)CCN(CC(N)Cc1ccccc1)C(=O)O. The minimum atomic E-state index is -1.09. The third-order valence-electron chi connectivity index (χ3n) is 2.69. The second kappa shape index (κ2) is 7.38. The van der Waals surface area contributed by atoms with Crippen LogP contribution in [0.3, 0.4) is 0 Å². The van der Waals surface area contributed by atoms with Crippen LogP contribution in [0.2, 0.25) is 0 Å². The molecule has 1 aromatic rings. The zero-order valence-corrected chi connectivity index (χ0v) is 10.7. The molecular formula is C13H19N3O3. The van der Waals surface area contributed by atoms with Gasteiger partial charge in [0.25, 0.3) is 0 Å². The number of primary amides is 1. The van der Waals surface area contributed by atoms with Gasteiger partial charge in [0, 0.05) is 25.6 Å². The van der Waals surface area contributed by atoms with E-state index in [1.54, 1.807) is 0 Å². The maximum atomic E-state index is 11.0. The first-order chi connectivity index (χ1) is 8.99. The smallest absolute Gasteiger partial charge is 0.407 e. The number of rotatable bonds is 7. The molecule has 0 aliphatic carbocycles. The molecule has 1 atom stereocenters. The van der Waals surface area contributed by atoms with Crippen molar-refractivity contribution in [2.45, 2.75) is 18.9 Å². The van der Waals surface area contributed by atoms with Gasteiger partial charge < -0.3 is 21.5 Å². The van der Waals surface area contributed by atoms with Crippen molar-refractivity contribution in [2.24, 2.45) is 11.5 Å². The highest BCUT2D eigenvalue weighted by atomic mass is 16.4. The molecule has 0 aliphatic rings. The molecule has 6 heteroatoms. The van der Waals surface area contributed by atoms with Crippen molar-refractivity contribution in [2.75, 3.05) is 13.1 Å². The molecule has 0 bridgehead atoms. The van der Waals surface area contributed by atoms with Gasteiger partial charge in [-0.3, -0.25) is 4.79 Å². The Morgan fingerprint density at radius 3 is 2.42 bits per heavy atom. The topological polar surface area (TPSA) is 110 Å². The highest BCUT2D eigenvalue weighted by molar-refractivity contribution is 5.74. The Morgan fingerprint density at radius 1 is 1.26 bits per heavy atom. The molecule has 0 saturated carbocycles. The first kappa shape index (κ1) is 15.0.